The zero-order chi connectivity index (χ0) is 5.98. The summed E-state index contributed by atoms with van der Waals surface area (Å²) in [5.74, 6) is 0. The lowest BCUT2D eigenvalue weighted by Gasteiger charge is -1.87. The van der Waals surface area contributed by atoms with Gasteiger partial charge in [0.2, 0.25) is 0 Å². The van der Waals surface area contributed by atoms with E-state index in [9.17, 15) is 0 Å². The zero-order valence-corrected chi connectivity index (χ0v) is 4.71. The van der Waals surface area contributed by atoms with Crippen LogP contribution in [0.25, 0.3) is 0 Å². The Balaban J connectivity index is 1.89. The lowest BCUT2D eigenvalue weighted by molar-refractivity contribution is 0.273. The highest BCUT2D eigenvalue weighted by Crippen LogP contribution is 2.20. The highest BCUT2D eigenvalue weighted by molar-refractivity contribution is 4.78. The van der Waals surface area contributed by atoms with E-state index in [0.717, 1.165) is 12.8 Å². The standard InChI is InChI=1S/C5H11NO2/c6-5-4(8-5)2-1-3-7/h4-5,7H,1-3,6H2/t4-,5?/m1/s1. The Morgan fingerprint density at radius 3 is 2.62 bits per heavy atom. The second-order valence-electron chi connectivity index (χ2n) is 2.00. The van der Waals surface area contributed by atoms with Crippen LogP contribution in [0, 0.1) is 0 Å². The molecule has 0 amide bonds. The monoisotopic (exact) mass is 117 g/mol. The van der Waals surface area contributed by atoms with Gasteiger partial charge < -0.3 is 15.6 Å². The molecule has 0 aromatic rings. The van der Waals surface area contributed by atoms with Crippen LogP contribution in [0.15, 0.2) is 0 Å². The number of nitrogens with two attached hydrogens (primary N) is 1. The maximum atomic E-state index is 8.33. The highest BCUT2D eigenvalue weighted by atomic mass is 16.6. The quantitative estimate of drug-likeness (QED) is 0.487. The van der Waals surface area contributed by atoms with E-state index in [1.165, 1.54) is 0 Å². The van der Waals surface area contributed by atoms with Crippen molar-refractivity contribution >= 4 is 0 Å². The van der Waals surface area contributed by atoms with Crippen LogP contribution in [-0.2, 0) is 4.74 Å². The molecule has 3 heteroatoms. The Morgan fingerprint density at radius 2 is 2.25 bits per heavy atom. The first-order valence-corrected chi connectivity index (χ1v) is 2.86. The van der Waals surface area contributed by atoms with Crippen molar-refractivity contribution in [2.24, 2.45) is 5.73 Å². The van der Waals surface area contributed by atoms with Crippen LogP contribution >= 0.6 is 0 Å². The van der Waals surface area contributed by atoms with Gasteiger partial charge in [0.15, 0.2) is 0 Å². The van der Waals surface area contributed by atoms with Gasteiger partial charge in [0, 0.05) is 6.61 Å². The molecule has 0 aromatic carbocycles. The van der Waals surface area contributed by atoms with Crippen LogP contribution in [0.4, 0.5) is 0 Å². The molecule has 3 N–H and O–H groups in total. The second kappa shape index (κ2) is 2.44. The minimum Gasteiger partial charge on any atom is -0.396 e. The number of aliphatic hydroxyl groups is 1. The Labute approximate surface area is 48.4 Å². The molecule has 0 radical (unpaired) electrons. The average molecular weight is 117 g/mol. The minimum atomic E-state index is -0.0402. The van der Waals surface area contributed by atoms with Crippen LogP contribution in [0.3, 0.4) is 0 Å². The first-order valence-electron chi connectivity index (χ1n) is 2.86. The molecular weight excluding hydrogens is 106 g/mol. The summed E-state index contributed by atoms with van der Waals surface area (Å²) in [6.45, 7) is 0.243. The molecule has 0 saturated carbocycles. The molecule has 2 atom stereocenters. The van der Waals surface area contributed by atoms with Gasteiger partial charge in [-0.05, 0) is 12.8 Å². The van der Waals surface area contributed by atoms with Crippen LogP contribution in [0.1, 0.15) is 12.8 Å². The summed E-state index contributed by atoms with van der Waals surface area (Å²) < 4.78 is 4.89. The average Bonchev–Trinajstić information content (AvgIpc) is 2.42. The molecule has 1 heterocycles. The first-order chi connectivity index (χ1) is 3.84. The van der Waals surface area contributed by atoms with Crippen LogP contribution in [0.2, 0.25) is 0 Å². The van der Waals surface area contributed by atoms with E-state index < -0.39 is 0 Å². The Hall–Kier alpha value is -0.120. The fraction of sp³-hybridized carbons (Fsp3) is 1.00. The Bertz CT molecular complexity index is 76.8. The molecule has 8 heavy (non-hydrogen) atoms. The predicted octanol–water partition coefficient (Wildman–Crippen LogP) is -0.558. The van der Waals surface area contributed by atoms with Crippen LogP contribution in [-0.4, -0.2) is 24.0 Å². The molecule has 0 aromatic heterocycles. The lowest BCUT2D eigenvalue weighted by Crippen LogP contribution is -2.05. The van der Waals surface area contributed by atoms with E-state index in [-0.39, 0.29) is 18.9 Å². The summed E-state index contributed by atoms with van der Waals surface area (Å²) in [5, 5.41) is 8.33. The normalized spacial score (nSPS) is 35.2. The highest BCUT2D eigenvalue weighted by Gasteiger charge is 2.33. The third kappa shape index (κ3) is 1.43. The number of epoxide rings is 1. The van der Waals surface area contributed by atoms with Gasteiger partial charge in [-0.1, -0.05) is 0 Å². The fourth-order valence-corrected chi connectivity index (χ4v) is 0.681. The topological polar surface area (TPSA) is 58.8 Å². The smallest absolute Gasteiger partial charge is 0.132 e. The maximum Gasteiger partial charge on any atom is 0.132 e. The zero-order valence-electron chi connectivity index (χ0n) is 4.71. The largest absolute Gasteiger partial charge is 0.396 e. The van der Waals surface area contributed by atoms with Crippen molar-refractivity contribution in [3.05, 3.63) is 0 Å². The van der Waals surface area contributed by atoms with Crippen molar-refractivity contribution in [2.45, 2.75) is 25.2 Å². The summed E-state index contributed by atoms with van der Waals surface area (Å²) in [4.78, 5) is 0. The van der Waals surface area contributed by atoms with E-state index in [1.54, 1.807) is 0 Å². The number of aliphatic hydroxyl groups excluding tert-OH is 1. The summed E-state index contributed by atoms with van der Waals surface area (Å²) in [6, 6.07) is 0. The van der Waals surface area contributed by atoms with Gasteiger partial charge in [0.1, 0.15) is 6.23 Å². The SMILES string of the molecule is NC1O[C@@H]1CCCO. The van der Waals surface area contributed by atoms with Crippen molar-refractivity contribution in [3.8, 4) is 0 Å². The van der Waals surface area contributed by atoms with Gasteiger partial charge in [-0.25, -0.2) is 0 Å². The van der Waals surface area contributed by atoms with Crippen molar-refractivity contribution in [3.63, 3.8) is 0 Å². The van der Waals surface area contributed by atoms with E-state index in [0.29, 0.717) is 0 Å². The summed E-state index contributed by atoms with van der Waals surface area (Å²) in [6.07, 6.45) is 1.90. The molecular formula is C5H11NO2. The summed E-state index contributed by atoms with van der Waals surface area (Å²) in [5.41, 5.74) is 5.30. The Kier molecular flexibility index (Phi) is 1.83. The maximum absolute atomic E-state index is 8.33. The van der Waals surface area contributed by atoms with Crippen LogP contribution in [0.5, 0.6) is 0 Å². The van der Waals surface area contributed by atoms with E-state index in [2.05, 4.69) is 0 Å². The van der Waals surface area contributed by atoms with Crippen LogP contribution < -0.4 is 5.73 Å². The lowest BCUT2D eigenvalue weighted by atomic mass is 10.2. The number of hydrogen-bond donors (Lipinski definition) is 2. The molecule has 48 valence electrons. The van der Waals surface area contributed by atoms with Gasteiger partial charge in [-0.15, -0.1) is 0 Å². The molecule has 3 nitrogen and oxygen atoms in total. The van der Waals surface area contributed by atoms with Gasteiger partial charge in [-0.2, -0.15) is 0 Å². The molecule has 1 unspecified atom stereocenters. The van der Waals surface area contributed by atoms with E-state index >= 15 is 0 Å². The molecule has 1 saturated heterocycles. The summed E-state index contributed by atoms with van der Waals surface area (Å²) >= 11 is 0. The molecule has 0 aliphatic carbocycles. The summed E-state index contributed by atoms with van der Waals surface area (Å²) in [7, 11) is 0. The molecule has 0 bridgehead atoms. The molecule has 1 aliphatic rings. The number of rotatable bonds is 3. The van der Waals surface area contributed by atoms with Crippen molar-refractivity contribution < 1.29 is 9.84 Å². The minimum absolute atomic E-state index is 0.0402. The van der Waals surface area contributed by atoms with Gasteiger partial charge in [-0.3, -0.25) is 0 Å². The van der Waals surface area contributed by atoms with Crippen molar-refractivity contribution in [2.75, 3.05) is 6.61 Å². The predicted molar refractivity (Wildman–Crippen MR) is 29.2 cm³/mol. The second-order valence-corrected chi connectivity index (χ2v) is 2.00. The van der Waals surface area contributed by atoms with Crippen molar-refractivity contribution in [1.29, 1.82) is 0 Å². The molecule has 1 fully saturated rings. The van der Waals surface area contributed by atoms with Gasteiger partial charge in [0.25, 0.3) is 0 Å². The third-order valence-electron chi connectivity index (χ3n) is 1.27. The van der Waals surface area contributed by atoms with Crippen molar-refractivity contribution in [1.82, 2.24) is 0 Å². The molecule has 0 spiro atoms. The fourth-order valence-electron chi connectivity index (χ4n) is 0.681. The van der Waals surface area contributed by atoms with E-state index in [1.807, 2.05) is 0 Å². The number of ether oxygens (including phenoxy) is 1. The van der Waals surface area contributed by atoms with E-state index in [4.69, 9.17) is 15.6 Å². The molecule has 1 aliphatic heterocycles. The molecule has 1 rings (SSSR count). The number of hydrogen-bond acceptors (Lipinski definition) is 3. The first kappa shape index (κ1) is 6.01. The Morgan fingerprint density at radius 1 is 1.62 bits per heavy atom. The van der Waals surface area contributed by atoms with Gasteiger partial charge in [0.05, 0.1) is 6.10 Å². The third-order valence-corrected chi connectivity index (χ3v) is 1.27. The van der Waals surface area contributed by atoms with Gasteiger partial charge >= 0.3 is 0 Å².